The highest BCUT2D eigenvalue weighted by molar-refractivity contribution is 7.18. The topological polar surface area (TPSA) is 118 Å². The zero-order valence-electron chi connectivity index (χ0n) is 15.7. The molecule has 0 radical (unpaired) electrons. The van der Waals surface area contributed by atoms with Crippen molar-refractivity contribution in [3.63, 3.8) is 0 Å². The Balaban J connectivity index is 1.86. The molecule has 1 aromatic carbocycles. The molecule has 0 atom stereocenters. The molecule has 8 heteroatoms. The van der Waals surface area contributed by atoms with Crippen LogP contribution in [0.25, 0.3) is 10.9 Å². The van der Waals surface area contributed by atoms with Gasteiger partial charge in [-0.15, -0.1) is 11.3 Å². The maximum absolute atomic E-state index is 12.5. The molecule has 28 heavy (non-hydrogen) atoms. The summed E-state index contributed by atoms with van der Waals surface area (Å²) >= 11 is 0.953. The van der Waals surface area contributed by atoms with Crippen LogP contribution in [0.15, 0.2) is 18.2 Å². The van der Waals surface area contributed by atoms with E-state index in [4.69, 9.17) is 15.2 Å². The molecule has 0 bridgehead atoms. The van der Waals surface area contributed by atoms with E-state index in [1.165, 1.54) is 0 Å². The molecular weight excluding hydrogens is 378 g/mol. The number of nitrogens with one attached hydrogen (secondary N) is 1. The minimum atomic E-state index is -0.591. The lowest BCUT2D eigenvalue weighted by atomic mass is 10.1. The number of esters is 2. The van der Waals surface area contributed by atoms with E-state index < -0.39 is 11.9 Å². The Hall–Kier alpha value is -3.31. The minimum Gasteiger partial charge on any atom is -0.462 e. The number of hydrogen-bond donors (Lipinski definition) is 2. The number of H-pyrrole nitrogens is 1. The summed E-state index contributed by atoms with van der Waals surface area (Å²) in [6.45, 7) is 5.57. The highest BCUT2D eigenvalue weighted by Crippen LogP contribution is 2.32. The van der Waals surface area contributed by atoms with Gasteiger partial charge in [-0.1, -0.05) is 0 Å². The largest absolute Gasteiger partial charge is 0.462 e. The molecule has 0 saturated heterocycles. The van der Waals surface area contributed by atoms with Crippen LogP contribution in [0.5, 0.6) is 0 Å². The fourth-order valence-corrected chi connectivity index (χ4v) is 3.83. The molecule has 0 spiro atoms. The Kier molecular flexibility index (Phi) is 5.38. The summed E-state index contributed by atoms with van der Waals surface area (Å²) in [6.07, 6.45) is 0. The third-order valence-corrected chi connectivity index (χ3v) is 5.54. The van der Waals surface area contributed by atoms with Gasteiger partial charge in [0.1, 0.15) is 22.6 Å². The van der Waals surface area contributed by atoms with Gasteiger partial charge in [0, 0.05) is 22.2 Å². The first-order valence-electron chi connectivity index (χ1n) is 8.61. The number of carbonyl (C=O) groups excluding carboxylic acids is 2. The highest BCUT2D eigenvalue weighted by atomic mass is 32.1. The first kappa shape index (κ1) is 19.5. The second-order valence-electron chi connectivity index (χ2n) is 6.19. The lowest BCUT2D eigenvalue weighted by Crippen LogP contribution is -2.10. The molecule has 0 aliphatic heterocycles. The van der Waals surface area contributed by atoms with Gasteiger partial charge >= 0.3 is 11.9 Å². The van der Waals surface area contributed by atoms with Crippen molar-refractivity contribution in [3.05, 3.63) is 51.0 Å². The number of aromatic nitrogens is 1. The predicted octanol–water partition coefficient (Wildman–Crippen LogP) is 3.83. The molecule has 0 unspecified atom stereocenters. The molecule has 0 fully saturated rings. The van der Waals surface area contributed by atoms with Gasteiger partial charge in [-0.05, 0) is 44.5 Å². The summed E-state index contributed by atoms with van der Waals surface area (Å²) in [5, 5.41) is 10.5. The Morgan fingerprint density at radius 2 is 2.00 bits per heavy atom. The second-order valence-corrected chi connectivity index (χ2v) is 7.24. The molecule has 3 rings (SSSR count). The summed E-state index contributed by atoms with van der Waals surface area (Å²) in [4.78, 5) is 28.1. The van der Waals surface area contributed by atoms with Crippen LogP contribution in [0.1, 0.15) is 49.3 Å². The van der Waals surface area contributed by atoms with E-state index in [0.29, 0.717) is 5.56 Å². The van der Waals surface area contributed by atoms with E-state index in [1.54, 1.807) is 19.1 Å². The van der Waals surface area contributed by atoms with Crippen LogP contribution in [0.4, 0.5) is 5.00 Å². The number of fused-ring (bicyclic) bond motifs is 1. The van der Waals surface area contributed by atoms with Crippen molar-refractivity contribution in [2.45, 2.75) is 27.4 Å². The number of anilines is 1. The summed E-state index contributed by atoms with van der Waals surface area (Å²) in [5.41, 5.74) is 9.65. The molecule has 2 heterocycles. The summed E-state index contributed by atoms with van der Waals surface area (Å²) < 4.78 is 10.4. The van der Waals surface area contributed by atoms with Crippen LogP contribution >= 0.6 is 11.3 Å². The van der Waals surface area contributed by atoms with E-state index >= 15 is 0 Å². The van der Waals surface area contributed by atoms with Crippen molar-refractivity contribution >= 4 is 39.2 Å². The van der Waals surface area contributed by atoms with Crippen molar-refractivity contribution in [3.8, 4) is 6.07 Å². The second kappa shape index (κ2) is 7.74. The first-order valence-corrected chi connectivity index (χ1v) is 9.43. The summed E-state index contributed by atoms with van der Waals surface area (Å²) in [6, 6.07) is 7.21. The van der Waals surface area contributed by atoms with E-state index in [1.807, 2.05) is 26.0 Å². The standard InChI is InChI=1S/C20H19N3O4S/c1-4-26-20(25)17-15(14(8-21)18(22)28-17)9-27-19(24)12-5-6-16-13(7-12)10(2)11(3)23-16/h5-7,23H,4,9,22H2,1-3H3. The van der Waals surface area contributed by atoms with E-state index in [-0.39, 0.29) is 34.2 Å². The molecule has 144 valence electrons. The summed E-state index contributed by atoms with van der Waals surface area (Å²) in [7, 11) is 0. The number of aromatic amines is 1. The number of rotatable bonds is 5. The van der Waals surface area contributed by atoms with Gasteiger partial charge in [-0.2, -0.15) is 5.26 Å². The van der Waals surface area contributed by atoms with E-state index in [0.717, 1.165) is 33.5 Å². The van der Waals surface area contributed by atoms with Crippen molar-refractivity contribution in [2.75, 3.05) is 12.3 Å². The predicted molar refractivity (Wildman–Crippen MR) is 106 cm³/mol. The number of carbonyl (C=O) groups is 2. The number of nitrogen functional groups attached to an aromatic ring is 1. The van der Waals surface area contributed by atoms with Crippen LogP contribution in [-0.2, 0) is 16.1 Å². The highest BCUT2D eigenvalue weighted by Gasteiger charge is 2.24. The van der Waals surface area contributed by atoms with Gasteiger partial charge in [0.05, 0.1) is 17.7 Å². The quantitative estimate of drug-likeness (QED) is 0.632. The van der Waals surface area contributed by atoms with Gasteiger partial charge in [0.25, 0.3) is 0 Å². The Morgan fingerprint density at radius 3 is 2.68 bits per heavy atom. The lowest BCUT2D eigenvalue weighted by molar-refractivity contribution is 0.0453. The molecule has 0 saturated carbocycles. The lowest BCUT2D eigenvalue weighted by Gasteiger charge is -2.07. The minimum absolute atomic E-state index is 0.133. The normalized spacial score (nSPS) is 10.6. The first-order chi connectivity index (χ1) is 13.4. The average molecular weight is 397 g/mol. The van der Waals surface area contributed by atoms with E-state index in [9.17, 15) is 14.9 Å². The smallest absolute Gasteiger partial charge is 0.348 e. The van der Waals surface area contributed by atoms with Crippen LogP contribution in [0.2, 0.25) is 0 Å². The maximum atomic E-state index is 12.5. The van der Waals surface area contributed by atoms with Gasteiger partial charge in [0.2, 0.25) is 0 Å². The Morgan fingerprint density at radius 1 is 1.25 bits per heavy atom. The number of benzene rings is 1. The van der Waals surface area contributed by atoms with Crippen LogP contribution in [0.3, 0.4) is 0 Å². The molecule has 0 aliphatic rings. The van der Waals surface area contributed by atoms with Gasteiger partial charge < -0.3 is 20.2 Å². The maximum Gasteiger partial charge on any atom is 0.348 e. The molecule has 3 N–H and O–H groups in total. The van der Waals surface area contributed by atoms with Gasteiger partial charge in [0.15, 0.2) is 0 Å². The molecule has 0 amide bonds. The average Bonchev–Trinajstić information content (AvgIpc) is 3.15. The molecule has 7 nitrogen and oxygen atoms in total. The number of aryl methyl sites for hydroxylation is 2. The van der Waals surface area contributed by atoms with Crippen LogP contribution in [-0.4, -0.2) is 23.5 Å². The zero-order valence-corrected chi connectivity index (χ0v) is 16.5. The zero-order chi connectivity index (χ0) is 20.4. The number of hydrogen-bond acceptors (Lipinski definition) is 7. The number of nitriles is 1. The molecular formula is C20H19N3O4S. The Labute approximate surface area is 165 Å². The SMILES string of the molecule is CCOC(=O)c1sc(N)c(C#N)c1COC(=O)c1ccc2[nH]c(C)c(C)c2c1. The number of nitrogens with two attached hydrogens (primary N) is 1. The van der Waals surface area contributed by atoms with Crippen molar-refractivity contribution in [1.29, 1.82) is 5.26 Å². The number of nitrogens with zero attached hydrogens (tertiary/aromatic N) is 1. The summed E-state index contributed by atoms with van der Waals surface area (Å²) in [5.74, 6) is -1.14. The van der Waals surface area contributed by atoms with Gasteiger partial charge in [-0.3, -0.25) is 0 Å². The number of ether oxygens (including phenoxy) is 2. The van der Waals surface area contributed by atoms with Gasteiger partial charge in [-0.25, -0.2) is 9.59 Å². The number of thiophene rings is 1. The third-order valence-electron chi connectivity index (χ3n) is 4.50. The van der Waals surface area contributed by atoms with Crippen LogP contribution < -0.4 is 5.73 Å². The van der Waals surface area contributed by atoms with Crippen molar-refractivity contribution in [2.24, 2.45) is 0 Å². The Bertz CT molecular complexity index is 1120. The van der Waals surface area contributed by atoms with E-state index in [2.05, 4.69) is 4.98 Å². The fraction of sp³-hybridized carbons (Fsp3) is 0.250. The van der Waals surface area contributed by atoms with Crippen LogP contribution in [0, 0.1) is 25.2 Å². The monoisotopic (exact) mass is 397 g/mol. The van der Waals surface area contributed by atoms with Crippen molar-refractivity contribution < 1.29 is 19.1 Å². The molecule has 3 aromatic rings. The molecule has 2 aromatic heterocycles. The van der Waals surface area contributed by atoms with Crippen molar-refractivity contribution in [1.82, 2.24) is 4.98 Å². The third kappa shape index (κ3) is 3.44. The fourth-order valence-electron chi connectivity index (χ4n) is 2.92. The molecule has 0 aliphatic carbocycles.